The topological polar surface area (TPSA) is 84.0 Å². The molecule has 2 amide bonds. The van der Waals surface area contributed by atoms with Crippen LogP contribution in [0.2, 0.25) is 10.0 Å². The molecule has 0 aliphatic carbocycles. The Balaban J connectivity index is 1.47. The first kappa shape index (κ1) is 21.3. The maximum absolute atomic E-state index is 12.1. The van der Waals surface area contributed by atoms with Crippen molar-refractivity contribution in [1.29, 1.82) is 0 Å². The van der Waals surface area contributed by atoms with Gasteiger partial charge in [-0.25, -0.2) is 0 Å². The third kappa shape index (κ3) is 6.86. The van der Waals surface area contributed by atoms with Crippen LogP contribution in [0.25, 0.3) is 6.08 Å². The molecular formula is C19H14Cl2N4O2S2. The standard InChI is InChI=1S/C19H14Cl2N4O2S2/c20-14-8-7-13(10-15(14)21)22-17(27)11-28-19-25-24-18(29-19)23-16(26)9-6-12-4-2-1-3-5-12/h1-10H,11H2,(H,22,27)(H,23,24,26). The quantitative estimate of drug-likeness (QED) is 0.284. The molecule has 0 fully saturated rings. The van der Waals surface area contributed by atoms with Crippen molar-refractivity contribution in [3.05, 3.63) is 70.2 Å². The minimum absolute atomic E-state index is 0.136. The molecule has 0 saturated heterocycles. The fourth-order valence-corrected chi connectivity index (χ4v) is 3.95. The van der Waals surface area contributed by atoms with Crippen LogP contribution in [0, 0.1) is 0 Å². The lowest BCUT2D eigenvalue weighted by Gasteiger charge is -2.05. The molecule has 6 nitrogen and oxygen atoms in total. The molecule has 1 aromatic heterocycles. The predicted molar refractivity (Wildman–Crippen MR) is 120 cm³/mol. The molecule has 2 aromatic carbocycles. The molecule has 1 heterocycles. The van der Waals surface area contributed by atoms with Crippen LogP contribution < -0.4 is 10.6 Å². The molecular weight excluding hydrogens is 451 g/mol. The first-order valence-corrected chi connectivity index (χ1v) is 10.8. The zero-order valence-corrected chi connectivity index (χ0v) is 17.9. The summed E-state index contributed by atoms with van der Waals surface area (Å²) in [6, 6.07) is 14.3. The van der Waals surface area contributed by atoms with Gasteiger partial charge in [0.2, 0.25) is 16.9 Å². The number of benzene rings is 2. The van der Waals surface area contributed by atoms with E-state index in [-0.39, 0.29) is 17.6 Å². The highest BCUT2D eigenvalue weighted by atomic mass is 35.5. The van der Waals surface area contributed by atoms with Gasteiger partial charge >= 0.3 is 0 Å². The number of hydrogen-bond donors (Lipinski definition) is 2. The van der Waals surface area contributed by atoms with E-state index in [4.69, 9.17) is 23.2 Å². The summed E-state index contributed by atoms with van der Waals surface area (Å²) in [6.45, 7) is 0. The monoisotopic (exact) mass is 464 g/mol. The number of amides is 2. The summed E-state index contributed by atoms with van der Waals surface area (Å²) in [5, 5.41) is 14.4. The molecule has 0 saturated carbocycles. The molecule has 0 spiro atoms. The van der Waals surface area contributed by atoms with Crippen LogP contribution >= 0.6 is 46.3 Å². The third-order valence-corrected chi connectivity index (χ3v) is 6.10. The number of anilines is 2. The highest BCUT2D eigenvalue weighted by Crippen LogP contribution is 2.27. The Hall–Kier alpha value is -2.39. The van der Waals surface area contributed by atoms with Crippen LogP contribution in [0.4, 0.5) is 10.8 Å². The number of carbonyl (C=O) groups is 2. The molecule has 2 N–H and O–H groups in total. The summed E-state index contributed by atoms with van der Waals surface area (Å²) in [5.74, 6) is -0.393. The Morgan fingerprint density at radius 2 is 1.83 bits per heavy atom. The zero-order valence-electron chi connectivity index (χ0n) is 14.8. The van der Waals surface area contributed by atoms with Crippen molar-refractivity contribution < 1.29 is 9.59 Å². The fraction of sp³-hybridized carbons (Fsp3) is 0.0526. The van der Waals surface area contributed by atoms with Crippen LogP contribution in [0.15, 0.2) is 58.9 Å². The molecule has 148 valence electrons. The summed E-state index contributed by atoms with van der Waals surface area (Å²) in [7, 11) is 0. The van der Waals surface area contributed by atoms with E-state index in [1.165, 1.54) is 29.2 Å². The van der Waals surface area contributed by atoms with Gasteiger partial charge < -0.3 is 5.32 Å². The van der Waals surface area contributed by atoms with Crippen molar-refractivity contribution in [2.45, 2.75) is 4.34 Å². The summed E-state index contributed by atoms with van der Waals surface area (Å²) in [4.78, 5) is 24.0. The normalized spacial score (nSPS) is 10.8. The van der Waals surface area contributed by atoms with Crippen molar-refractivity contribution >= 4 is 75.0 Å². The Labute approximate surface area is 185 Å². The number of hydrogen-bond acceptors (Lipinski definition) is 6. The molecule has 0 atom stereocenters. The van der Waals surface area contributed by atoms with Gasteiger partial charge in [-0.15, -0.1) is 10.2 Å². The van der Waals surface area contributed by atoms with Gasteiger partial charge in [0.15, 0.2) is 4.34 Å². The summed E-state index contributed by atoms with van der Waals surface area (Å²) < 4.78 is 0.566. The molecule has 3 rings (SSSR count). The average molecular weight is 465 g/mol. The summed E-state index contributed by atoms with van der Waals surface area (Å²) >= 11 is 14.2. The second-order valence-corrected chi connectivity index (χ2v) is 8.59. The third-order valence-electron chi connectivity index (χ3n) is 3.39. The molecule has 10 heteroatoms. The van der Waals surface area contributed by atoms with Gasteiger partial charge in [-0.05, 0) is 29.8 Å². The Morgan fingerprint density at radius 1 is 1.03 bits per heavy atom. The Kier molecular flexibility index (Phi) is 7.65. The van der Waals surface area contributed by atoms with Crippen molar-refractivity contribution in [2.24, 2.45) is 0 Å². The van der Waals surface area contributed by atoms with Crippen molar-refractivity contribution in [3.8, 4) is 0 Å². The predicted octanol–water partition coefficient (Wildman–Crippen LogP) is 5.23. The lowest BCUT2D eigenvalue weighted by Crippen LogP contribution is -2.13. The van der Waals surface area contributed by atoms with E-state index in [1.54, 1.807) is 24.3 Å². The van der Waals surface area contributed by atoms with E-state index in [0.717, 1.165) is 5.56 Å². The number of aromatic nitrogens is 2. The number of nitrogens with one attached hydrogen (secondary N) is 2. The Bertz CT molecular complexity index is 1040. The van der Waals surface area contributed by atoms with Crippen LogP contribution in [0.5, 0.6) is 0 Å². The van der Waals surface area contributed by atoms with Gasteiger partial charge in [-0.1, -0.05) is 76.6 Å². The lowest BCUT2D eigenvalue weighted by atomic mass is 10.2. The van der Waals surface area contributed by atoms with Gasteiger partial charge in [0.1, 0.15) is 0 Å². The van der Waals surface area contributed by atoms with E-state index in [0.29, 0.717) is 25.2 Å². The van der Waals surface area contributed by atoms with E-state index in [9.17, 15) is 9.59 Å². The lowest BCUT2D eigenvalue weighted by molar-refractivity contribution is -0.114. The number of halogens is 2. The highest BCUT2D eigenvalue weighted by Gasteiger charge is 2.10. The van der Waals surface area contributed by atoms with Crippen LogP contribution in [0.3, 0.4) is 0 Å². The summed E-state index contributed by atoms with van der Waals surface area (Å²) in [6.07, 6.45) is 3.13. The summed E-state index contributed by atoms with van der Waals surface area (Å²) in [5.41, 5.74) is 1.48. The molecule has 0 aliphatic heterocycles. The molecule has 0 radical (unpaired) electrons. The minimum atomic E-state index is -0.307. The van der Waals surface area contributed by atoms with Gasteiger partial charge in [-0.2, -0.15) is 0 Å². The second kappa shape index (κ2) is 10.4. The highest BCUT2D eigenvalue weighted by molar-refractivity contribution is 8.01. The number of carbonyl (C=O) groups excluding carboxylic acids is 2. The van der Waals surface area contributed by atoms with E-state index in [2.05, 4.69) is 20.8 Å². The average Bonchev–Trinajstić information content (AvgIpc) is 3.16. The van der Waals surface area contributed by atoms with Crippen LogP contribution in [0.1, 0.15) is 5.56 Å². The smallest absolute Gasteiger partial charge is 0.250 e. The SMILES string of the molecule is O=C(C=Cc1ccccc1)Nc1nnc(SCC(=O)Nc2ccc(Cl)c(Cl)c2)s1. The first-order chi connectivity index (χ1) is 14.0. The van der Waals surface area contributed by atoms with Gasteiger partial charge in [-0.3, -0.25) is 14.9 Å². The minimum Gasteiger partial charge on any atom is -0.325 e. The van der Waals surface area contributed by atoms with Crippen molar-refractivity contribution in [2.75, 3.05) is 16.4 Å². The zero-order chi connectivity index (χ0) is 20.6. The fourth-order valence-electron chi connectivity index (χ4n) is 2.10. The maximum Gasteiger partial charge on any atom is 0.250 e. The maximum atomic E-state index is 12.1. The molecule has 0 bridgehead atoms. The van der Waals surface area contributed by atoms with Gasteiger partial charge in [0.25, 0.3) is 0 Å². The van der Waals surface area contributed by atoms with E-state index >= 15 is 0 Å². The molecule has 29 heavy (non-hydrogen) atoms. The number of thioether (sulfide) groups is 1. The van der Waals surface area contributed by atoms with Crippen LogP contribution in [-0.4, -0.2) is 27.8 Å². The van der Waals surface area contributed by atoms with E-state index in [1.807, 2.05) is 30.3 Å². The number of rotatable bonds is 7. The Morgan fingerprint density at radius 3 is 2.59 bits per heavy atom. The molecule has 0 unspecified atom stereocenters. The van der Waals surface area contributed by atoms with Crippen molar-refractivity contribution in [3.63, 3.8) is 0 Å². The second-order valence-electron chi connectivity index (χ2n) is 5.57. The van der Waals surface area contributed by atoms with Crippen LogP contribution in [-0.2, 0) is 9.59 Å². The van der Waals surface area contributed by atoms with Gasteiger partial charge in [0, 0.05) is 11.8 Å². The molecule has 3 aromatic rings. The van der Waals surface area contributed by atoms with Crippen molar-refractivity contribution in [1.82, 2.24) is 10.2 Å². The van der Waals surface area contributed by atoms with Gasteiger partial charge in [0.05, 0.1) is 15.8 Å². The molecule has 0 aliphatic rings. The first-order valence-electron chi connectivity index (χ1n) is 8.25. The largest absolute Gasteiger partial charge is 0.325 e. The van der Waals surface area contributed by atoms with E-state index < -0.39 is 0 Å². The number of nitrogens with zero attached hydrogens (tertiary/aromatic N) is 2.